The largest absolute Gasteiger partial charge is 0.462 e. The maximum absolute atomic E-state index is 16.5. The normalized spacial score (nSPS) is 23.0. The van der Waals surface area contributed by atoms with Crippen LogP contribution in [0.15, 0.2) is 42.6 Å². The Labute approximate surface area is 226 Å². The van der Waals surface area contributed by atoms with Crippen LogP contribution in [0.2, 0.25) is 0 Å². The Morgan fingerprint density at radius 3 is 2.64 bits per heavy atom. The van der Waals surface area contributed by atoms with E-state index in [0.717, 1.165) is 50.7 Å². The fraction of sp³-hybridized carbons (Fsp3) is 0.400. The van der Waals surface area contributed by atoms with Crippen LogP contribution in [0.1, 0.15) is 31.2 Å². The molecule has 3 aliphatic heterocycles. The number of likely N-dealkylation sites (tertiary alicyclic amines) is 1. The Morgan fingerprint density at radius 1 is 1.10 bits per heavy atom. The SMILES string of the molecule is CN1CCC[C@H]1COc1nc(N2CC3CCC(C2)N3)c2cnc(-c3cccc4cccc(C#N)c34)c(F)c2n1. The molecule has 2 unspecified atom stereocenters. The summed E-state index contributed by atoms with van der Waals surface area (Å²) >= 11 is 0. The highest BCUT2D eigenvalue weighted by Crippen LogP contribution is 2.37. The topological polar surface area (TPSA) is 90.2 Å². The average Bonchev–Trinajstić information content (AvgIpc) is 3.54. The van der Waals surface area contributed by atoms with Gasteiger partial charge in [-0.25, -0.2) is 4.39 Å². The zero-order valence-electron chi connectivity index (χ0n) is 21.9. The number of hydrogen-bond donors (Lipinski definition) is 1. The highest BCUT2D eigenvalue weighted by Gasteiger charge is 2.34. The number of halogens is 1. The third kappa shape index (κ3) is 4.24. The van der Waals surface area contributed by atoms with Gasteiger partial charge in [-0.05, 0) is 50.7 Å². The lowest BCUT2D eigenvalue weighted by molar-refractivity contribution is 0.188. The quantitative estimate of drug-likeness (QED) is 0.415. The van der Waals surface area contributed by atoms with Gasteiger partial charge in [0, 0.05) is 48.4 Å². The number of piperazine rings is 1. The van der Waals surface area contributed by atoms with E-state index in [-0.39, 0.29) is 17.2 Å². The number of likely N-dealkylation sites (N-methyl/N-ethyl adjacent to an activating group) is 1. The molecule has 5 heterocycles. The van der Waals surface area contributed by atoms with E-state index in [0.29, 0.717) is 52.4 Å². The van der Waals surface area contributed by atoms with Crippen molar-refractivity contribution < 1.29 is 9.13 Å². The Kier molecular flexibility index (Phi) is 6.02. The monoisotopic (exact) mass is 523 g/mol. The minimum atomic E-state index is -0.530. The third-order valence-corrected chi connectivity index (χ3v) is 8.52. The summed E-state index contributed by atoms with van der Waals surface area (Å²) < 4.78 is 22.6. The summed E-state index contributed by atoms with van der Waals surface area (Å²) in [6.45, 7) is 3.10. The lowest BCUT2D eigenvalue weighted by atomic mass is 9.97. The number of nitriles is 1. The number of fused-ring (bicyclic) bond motifs is 4. The maximum Gasteiger partial charge on any atom is 0.319 e. The average molecular weight is 524 g/mol. The highest BCUT2D eigenvalue weighted by molar-refractivity contribution is 6.01. The Morgan fingerprint density at radius 2 is 1.90 bits per heavy atom. The summed E-state index contributed by atoms with van der Waals surface area (Å²) in [7, 11) is 2.10. The van der Waals surface area contributed by atoms with E-state index >= 15 is 4.39 Å². The van der Waals surface area contributed by atoms with Crippen molar-refractivity contribution in [3.8, 4) is 23.3 Å². The van der Waals surface area contributed by atoms with Gasteiger partial charge >= 0.3 is 6.01 Å². The highest BCUT2D eigenvalue weighted by atomic mass is 19.1. The molecule has 3 fully saturated rings. The summed E-state index contributed by atoms with van der Waals surface area (Å²) in [4.78, 5) is 18.5. The molecule has 1 N–H and O–H groups in total. The summed E-state index contributed by atoms with van der Waals surface area (Å²) in [6, 6.07) is 14.6. The zero-order valence-corrected chi connectivity index (χ0v) is 21.9. The second-order valence-electron chi connectivity index (χ2n) is 11.0. The molecule has 3 saturated heterocycles. The van der Waals surface area contributed by atoms with Gasteiger partial charge in [0.25, 0.3) is 0 Å². The van der Waals surface area contributed by atoms with Gasteiger partial charge in [0.1, 0.15) is 23.6 Å². The number of ether oxygens (including phenoxy) is 1. The lowest BCUT2D eigenvalue weighted by Gasteiger charge is -2.34. The smallest absolute Gasteiger partial charge is 0.319 e. The van der Waals surface area contributed by atoms with Crippen LogP contribution in [0.3, 0.4) is 0 Å². The van der Waals surface area contributed by atoms with Crippen molar-refractivity contribution in [2.24, 2.45) is 0 Å². The van der Waals surface area contributed by atoms with E-state index in [9.17, 15) is 5.26 Å². The van der Waals surface area contributed by atoms with Gasteiger partial charge in [0.2, 0.25) is 0 Å². The first-order valence-electron chi connectivity index (χ1n) is 13.7. The van der Waals surface area contributed by atoms with Crippen molar-refractivity contribution >= 4 is 27.5 Å². The molecule has 2 aromatic carbocycles. The molecule has 3 aliphatic rings. The van der Waals surface area contributed by atoms with Crippen molar-refractivity contribution in [1.29, 1.82) is 5.26 Å². The van der Waals surface area contributed by atoms with Crippen LogP contribution < -0.4 is 15.0 Å². The van der Waals surface area contributed by atoms with Crippen LogP contribution in [-0.4, -0.2) is 71.3 Å². The summed E-state index contributed by atoms with van der Waals surface area (Å²) in [6.07, 6.45) is 6.12. The minimum absolute atomic E-state index is 0.169. The number of pyridine rings is 1. The van der Waals surface area contributed by atoms with Crippen molar-refractivity contribution in [2.45, 2.75) is 43.8 Å². The number of hydrogen-bond acceptors (Lipinski definition) is 8. The molecule has 0 saturated carbocycles. The second-order valence-corrected chi connectivity index (χ2v) is 11.0. The molecule has 8 nitrogen and oxygen atoms in total. The molecule has 39 heavy (non-hydrogen) atoms. The number of nitrogens with zero attached hydrogens (tertiary/aromatic N) is 6. The van der Waals surface area contributed by atoms with Crippen LogP contribution in [0.25, 0.3) is 32.9 Å². The predicted molar refractivity (Wildman–Crippen MR) is 148 cm³/mol. The molecule has 9 heteroatoms. The number of anilines is 1. The van der Waals surface area contributed by atoms with E-state index in [2.05, 4.69) is 38.2 Å². The molecule has 0 radical (unpaired) electrons. The fourth-order valence-corrected chi connectivity index (χ4v) is 6.48. The van der Waals surface area contributed by atoms with Gasteiger partial charge < -0.3 is 19.9 Å². The van der Waals surface area contributed by atoms with Gasteiger partial charge in [0.15, 0.2) is 5.82 Å². The molecule has 4 aromatic rings. The number of rotatable bonds is 5. The first-order chi connectivity index (χ1) is 19.1. The third-order valence-electron chi connectivity index (χ3n) is 8.52. The molecule has 0 spiro atoms. The molecule has 0 aliphatic carbocycles. The van der Waals surface area contributed by atoms with Crippen molar-refractivity contribution in [3.63, 3.8) is 0 Å². The molecular weight excluding hydrogens is 493 g/mol. The van der Waals surface area contributed by atoms with Gasteiger partial charge in [0.05, 0.1) is 17.0 Å². The molecule has 7 rings (SSSR count). The fourth-order valence-electron chi connectivity index (χ4n) is 6.48. The van der Waals surface area contributed by atoms with E-state index in [1.54, 1.807) is 12.3 Å². The van der Waals surface area contributed by atoms with Crippen LogP contribution in [0, 0.1) is 17.1 Å². The number of aromatic nitrogens is 3. The summed E-state index contributed by atoms with van der Waals surface area (Å²) in [5.74, 6) is 0.138. The van der Waals surface area contributed by atoms with Crippen LogP contribution in [0.4, 0.5) is 10.2 Å². The van der Waals surface area contributed by atoms with Gasteiger partial charge in [-0.3, -0.25) is 4.98 Å². The molecular formula is C30H30FN7O. The first-order valence-corrected chi connectivity index (χ1v) is 13.7. The number of nitrogens with one attached hydrogen (secondary N) is 1. The van der Waals surface area contributed by atoms with Crippen molar-refractivity contribution in [3.05, 3.63) is 54.0 Å². The molecule has 2 bridgehead atoms. The molecule has 198 valence electrons. The second kappa shape index (κ2) is 9.70. The van der Waals surface area contributed by atoms with E-state index in [1.807, 2.05) is 30.3 Å². The zero-order chi connectivity index (χ0) is 26.5. The van der Waals surface area contributed by atoms with Crippen molar-refractivity contribution in [2.75, 3.05) is 38.2 Å². The van der Waals surface area contributed by atoms with Crippen LogP contribution in [-0.2, 0) is 0 Å². The van der Waals surface area contributed by atoms with E-state index < -0.39 is 5.82 Å². The van der Waals surface area contributed by atoms with Gasteiger partial charge in [-0.15, -0.1) is 0 Å². The predicted octanol–water partition coefficient (Wildman–Crippen LogP) is 4.27. The van der Waals surface area contributed by atoms with Crippen LogP contribution in [0.5, 0.6) is 6.01 Å². The summed E-state index contributed by atoms with van der Waals surface area (Å²) in [5, 5.41) is 15.5. The molecule has 3 atom stereocenters. The maximum atomic E-state index is 16.5. The lowest BCUT2D eigenvalue weighted by Crippen LogP contribution is -2.51. The van der Waals surface area contributed by atoms with E-state index in [1.165, 1.54) is 0 Å². The number of benzene rings is 2. The van der Waals surface area contributed by atoms with Gasteiger partial charge in [-0.2, -0.15) is 15.2 Å². The standard InChI is InChI=1S/C30H30FN7O/c1-37-12-4-8-22(37)17-39-30-35-28-24(29(36-30)38-15-20-10-11-21(16-38)34-20)14-33-27(26(28)31)23-9-3-6-18-5-2-7-19(13-32)25(18)23/h2-3,5-7,9,14,20-22,34H,4,8,10-12,15-17H2,1H3/t20?,21?,22-/m0/s1. The Bertz CT molecular complexity index is 1600. The minimum Gasteiger partial charge on any atom is -0.462 e. The molecule has 2 aromatic heterocycles. The Hall–Kier alpha value is -3.87. The van der Waals surface area contributed by atoms with Crippen LogP contribution >= 0.6 is 0 Å². The van der Waals surface area contributed by atoms with E-state index in [4.69, 9.17) is 9.72 Å². The summed E-state index contributed by atoms with van der Waals surface area (Å²) in [5.41, 5.74) is 1.41. The van der Waals surface area contributed by atoms with Gasteiger partial charge in [-0.1, -0.05) is 30.3 Å². The Balaban J connectivity index is 1.37. The van der Waals surface area contributed by atoms with Crippen molar-refractivity contribution in [1.82, 2.24) is 25.2 Å². The first kappa shape index (κ1) is 24.2. The molecule has 0 amide bonds.